The molecule has 2 aliphatic heterocycles. The van der Waals surface area contributed by atoms with Crippen LogP contribution in [0.25, 0.3) is 5.76 Å². The van der Waals surface area contributed by atoms with Crippen LogP contribution >= 0.6 is 46.3 Å². The van der Waals surface area contributed by atoms with Gasteiger partial charge in [-0.05, 0) is 41.5 Å². The van der Waals surface area contributed by atoms with Crippen LogP contribution in [0.3, 0.4) is 0 Å². The van der Waals surface area contributed by atoms with Crippen LogP contribution in [0.2, 0.25) is 10.0 Å². The van der Waals surface area contributed by atoms with E-state index in [9.17, 15) is 14.7 Å². The third-order valence-corrected chi connectivity index (χ3v) is 9.01. The Hall–Kier alpha value is -3.57. The van der Waals surface area contributed by atoms with Gasteiger partial charge in [-0.2, -0.15) is 0 Å². The molecular formula is C28H19Cl2N3O5S2. The molecule has 4 aromatic rings. The molecule has 1 amide bonds. The Bertz CT molecular complexity index is 1660. The van der Waals surface area contributed by atoms with Gasteiger partial charge in [0.15, 0.2) is 15.8 Å². The maximum Gasteiger partial charge on any atom is 0.301 e. The number of Topliss-reactive ketones (excluding diaryl/α,β-unsaturated/α-hetero) is 1. The minimum Gasteiger partial charge on any atom is -0.507 e. The average Bonchev–Trinajstić information content (AvgIpc) is 3.53. The molecule has 40 heavy (non-hydrogen) atoms. The Kier molecular flexibility index (Phi) is 7.41. The number of anilines is 1. The molecule has 6 rings (SSSR count). The minimum atomic E-state index is -1.07. The molecule has 12 heteroatoms. The number of ketones is 1. The van der Waals surface area contributed by atoms with Gasteiger partial charge in [0.25, 0.3) is 5.78 Å². The molecule has 1 aromatic heterocycles. The van der Waals surface area contributed by atoms with Crippen LogP contribution in [0.4, 0.5) is 5.13 Å². The summed E-state index contributed by atoms with van der Waals surface area (Å²) >= 11 is 15.4. The first-order chi connectivity index (χ1) is 19.4. The summed E-state index contributed by atoms with van der Waals surface area (Å²) in [5, 5.41) is 20.7. The van der Waals surface area contributed by atoms with Crippen LogP contribution < -0.4 is 14.4 Å². The van der Waals surface area contributed by atoms with Gasteiger partial charge in [-0.3, -0.25) is 14.5 Å². The third kappa shape index (κ3) is 5.03. The van der Waals surface area contributed by atoms with Gasteiger partial charge in [0, 0.05) is 21.4 Å². The highest BCUT2D eigenvalue weighted by atomic mass is 35.5. The van der Waals surface area contributed by atoms with Crippen molar-refractivity contribution in [3.8, 4) is 11.5 Å². The molecule has 0 radical (unpaired) electrons. The number of ether oxygens (including phenoxy) is 2. The molecular weight excluding hydrogens is 593 g/mol. The average molecular weight is 613 g/mol. The summed E-state index contributed by atoms with van der Waals surface area (Å²) in [6.45, 7) is 0.760. The van der Waals surface area contributed by atoms with Crippen molar-refractivity contribution in [1.29, 1.82) is 0 Å². The highest BCUT2D eigenvalue weighted by molar-refractivity contribution is 8.00. The number of aliphatic hydroxyl groups is 1. The van der Waals surface area contributed by atoms with Crippen LogP contribution in [0.15, 0.2) is 76.6 Å². The fourth-order valence-corrected chi connectivity index (χ4v) is 6.81. The predicted octanol–water partition coefficient (Wildman–Crippen LogP) is 6.53. The van der Waals surface area contributed by atoms with E-state index in [1.165, 1.54) is 34.1 Å². The summed E-state index contributed by atoms with van der Waals surface area (Å²) in [5.41, 5.74) is 1.66. The van der Waals surface area contributed by atoms with Gasteiger partial charge in [-0.25, -0.2) is 0 Å². The molecule has 0 bridgehead atoms. The molecule has 1 N–H and O–H groups in total. The first-order valence-corrected chi connectivity index (χ1v) is 14.6. The third-order valence-electron chi connectivity index (χ3n) is 6.32. The number of aromatic nitrogens is 2. The van der Waals surface area contributed by atoms with Crippen molar-refractivity contribution in [1.82, 2.24) is 10.2 Å². The monoisotopic (exact) mass is 611 g/mol. The van der Waals surface area contributed by atoms with Crippen molar-refractivity contribution < 1.29 is 24.2 Å². The molecule has 1 saturated heterocycles. The Morgan fingerprint density at radius 2 is 1.77 bits per heavy atom. The van der Waals surface area contributed by atoms with Gasteiger partial charge in [-0.1, -0.05) is 82.7 Å². The molecule has 1 atom stereocenters. The molecule has 2 aliphatic rings. The van der Waals surface area contributed by atoms with Crippen LogP contribution in [0.1, 0.15) is 22.7 Å². The smallest absolute Gasteiger partial charge is 0.301 e. The topological polar surface area (TPSA) is 102 Å². The summed E-state index contributed by atoms with van der Waals surface area (Å²) in [4.78, 5) is 28.2. The van der Waals surface area contributed by atoms with Gasteiger partial charge in [-0.15, -0.1) is 10.2 Å². The second-order valence-electron chi connectivity index (χ2n) is 8.82. The summed E-state index contributed by atoms with van der Waals surface area (Å²) in [6.07, 6.45) is 0. The first kappa shape index (κ1) is 26.6. The molecule has 3 aromatic carbocycles. The number of aliphatic hydroxyl groups excluding tert-OH is 1. The molecule has 1 unspecified atom stereocenters. The minimum absolute atomic E-state index is 0.139. The molecule has 0 aliphatic carbocycles. The van der Waals surface area contributed by atoms with Crippen LogP contribution in [-0.4, -0.2) is 40.2 Å². The molecule has 1 fully saturated rings. The van der Waals surface area contributed by atoms with E-state index in [4.69, 9.17) is 32.7 Å². The Morgan fingerprint density at radius 1 is 1.00 bits per heavy atom. The fourth-order valence-electron chi connectivity index (χ4n) is 4.47. The van der Waals surface area contributed by atoms with Gasteiger partial charge in [0.1, 0.15) is 19.0 Å². The SMILES string of the molecule is O=C1C(=O)N(c2nnc(SCc3ccccc3)s2)C(c2ccc(Cl)cc2Cl)/C1=C(\O)c1ccc2c(c1)OCCO2. The van der Waals surface area contributed by atoms with E-state index in [0.717, 1.165) is 5.56 Å². The van der Waals surface area contributed by atoms with E-state index in [-0.39, 0.29) is 27.0 Å². The van der Waals surface area contributed by atoms with E-state index in [1.807, 2.05) is 30.3 Å². The number of halogens is 2. The Morgan fingerprint density at radius 3 is 2.55 bits per heavy atom. The fraction of sp³-hybridized carbons (Fsp3) is 0.143. The lowest BCUT2D eigenvalue weighted by molar-refractivity contribution is -0.132. The number of carbonyl (C=O) groups excluding carboxylic acids is 2. The first-order valence-electron chi connectivity index (χ1n) is 12.1. The summed E-state index contributed by atoms with van der Waals surface area (Å²) < 4.78 is 11.8. The number of rotatable bonds is 6. The van der Waals surface area contributed by atoms with Gasteiger partial charge in [0.05, 0.1) is 11.6 Å². The number of hydrogen-bond donors (Lipinski definition) is 1. The number of carbonyl (C=O) groups is 2. The number of fused-ring (bicyclic) bond motifs is 1. The van der Waals surface area contributed by atoms with Crippen LogP contribution in [0, 0.1) is 0 Å². The zero-order valence-corrected chi connectivity index (χ0v) is 23.7. The Balaban J connectivity index is 1.42. The largest absolute Gasteiger partial charge is 0.507 e. The summed E-state index contributed by atoms with van der Waals surface area (Å²) in [6, 6.07) is 18.4. The van der Waals surface area contributed by atoms with Gasteiger partial charge >= 0.3 is 5.91 Å². The number of thioether (sulfide) groups is 1. The molecule has 8 nitrogen and oxygen atoms in total. The number of amides is 1. The zero-order valence-electron chi connectivity index (χ0n) is 20.5. The second kappa shape index (κ2) is 11.1. The van der Waals surface area contributed by atoms with Gasteiger partial charge < -0.3 is 14.6 Å². The molecule has 0 spiro atoms. The second-order valence-corrected chi connectivity index (χ2v) is 11.8. The number of nitrogens with zero attached hydrogens (tertiary/aromatic N) is 3. The van der Waals surface area contributed by atoms with E-state index in [0.29, 0.717) is 45.4 Å². The Labute approximate surface area is 247 Å². The highest BCUT2D eigenvalue weighted by Gasteiger charge is 2.49. The number of hydrogen-bond acceptors (Lipinski definition) is 9. The van der Waals surface area contributed by atoms with Crippen molar-refractivity contribution in [3.05, 3.63) is 99.0 Å². The highest BCUT2D eigenvalue weighted by Crippen LogP contribution is 2.46. The lowest BCUT2D eigenvalue weighted by atomic mass is 9.95. The molecule has 0 saturated carbocycles. The van der Waals surface area contributed by atoms with Crippen LogP contribution in [-0.2, 0) is 15.3 Å². The predicted molar refractivity (Wildman–Crippen MR) is 155 cm³/mol. The maximum absolute atomic E-state index is 13.5. The maximum atomic E-state index is 13.5. The van der Waals surface area contributed by atoms with E-state index < -0.39 is 17.7 Å². The van der Waals surface area contributed by atoms with Crippen LogP contribution in [0.5, 0.6) is 11.5 Å². The van der Waals surface area contributed by atoms with Crippen molar-refractivity contribution in [3.63, 3.8) is 0 Å². The van der Waals surface area contributed by atoms with Gasteiger partial charge in [0.2, 0.25) is 5.13 Å². The lowest BCUT2D eigenvalue weighted by Crippen LogP contribution is -2.29. The molecule has 202 valence electrons. The quantitative estimate of drug-likeness (QED) is 0.0862. The van der Waals surface area contributed by atoms with Crippen molar-refractivity contribution >= 4 is 68.9 Å². The van der Waals surface area contributed by atoms with Crippen molar-refractivity contribution in [2.24, 2.45) is 0 Å². The zero-order chi connectivity index (χ0) is 27.8. The summed E-state index contributed by atoms with van der Waals surface area (Å²) in [5.74, 6) is -0.505. The normalized spacial score (nSPS) is 17.9. The standard InChI is InChI=1S/C28H19Cl2N3O5S2/c29-17-7-8-18(19(30)13-17)23-22(24(34)16-6-9-20-21(12-16)38-11-10-37-20)25(35)26(36)33(23)27-31-32-28(40-27)39-14-15-4-2-1-3-5-15/h1-9,12-13,23,34H,10-11,14H2/b24-22+. The van der Waals surface area contributed by atoms with E-state index in [2.05, 4.69) is 10.2 Å². The van der Waals surface area contributed by atoms with Crippen molar-refractivity contribution in [2.75, 3.05) is 18.1 Å². The van der Waals surface area contributed by atoms with E-state index >= 15 is 0 Å². The summed E-state index contributed by atoms with van der Waals surface area (Å²) in [7, 11) is 0. The van der Waals surface area contributed by atoms with Crippen molar-refractivity contribution in [2.45, 2.75) is 16.1 Å². The number of benzene rings is 3. The molecule has 3 heterocycles. The lowest BCUT2D eigenvalue weighted by Gasteiger charge is -2.24. The van der Waals surface area contributed by atoms with E-state index in [1.54, 1.807) is 30.3 Å².